The van der Waals surface area contributed by atoms with Crippen molar-refractivity contribution in [1.82, 2.24) is 10.4 Å². The molecule has 0 spiro atoms. The van der Waals surface area contributed by atoms with Crippen molar-refractivity contribution in [3.8, 4) is 0 Å². The second kappa shape index (κ2) is 6.09. The molecule has 0 aliphatic heterocycles. The van der Waals surface area contributed by atoms with Gasteiger partial charge in [-0.2, -0.15) is 5.10 Å². The van der Waals surface area contributed by atoms with E-state index >= 15 is 0 Å². The van der Waals surface area contributed by atoms with Gasteiger partial charge in [0.05, 0.1) is 16.8 Å². The van der Waals surface area contributed by atoms with Crippen molar-refractivity contribution in [3.05, 3.63) is 41.4 Å². The van der Waals surface area contributed by atoms with Crippen molar-refractivity contribution in [2.75, 3.05) is 0 Å². The van der Waals surface area contributed by atoms with Crippen LogP contribution in [0.2, 0.25) is 0 Å². The van der Waals surface area contributed by atoms with Gasteiger partial charge in [0, 0.05) is 25.2 Å². The fourth-order valence-electron chi connectivity index (χ4n) is 2.45. The first kappa shape index (κ1) is 15.9. The van der Waals surface area contributed by atoms with Crippen molar-refractivity contribution in [1.29, 1.82) is 0 Å². The van der Waals surface area contributed by atoms with Crippen LogP contribution in [0.4, 0.5) is 0 Å². The quantitative estimate of drug-likeness (QED) is 0.662. The molecule has 1 aliphatic carbocycles. The van der Waals surface area contributed by atoms with E-state index in [4.69, 9.17) is 0 Å². The summed E-state index contributed by atoms with van der Waals surface area (Å²) in [7, 11) is 0. The Hall–Kier alpha value is -2.50. The van der Waals surface area contributed by atoms with Gasteiger partial charge in [0.15, 0.2) is 5.78 Å². The van der Waals surface area contributed by atoms with E-state index in [-0.39, 0.29) is 22.5 Å². The monoisotopic (exact) mass is 301 g/mol. The molecular weight excluding hydrogens is 282 g/mol. The van der Waals surface area contributed by atoms with Crippen molar-refractivity contribution in [2.45, 2.75) is 33.6 Å². The van der Waals surface area contributed by atoms with Gasteiger partial charge in [-0.15, -0.1) is 0 Å². The van der Waals surface area contributed by atoms with Gasteiger partial charge >= 0.3 is 0 Å². The van der Waals surface area contributed by atoms with E-state index in [1.54, 1.807) is 25.3 Å². The summed E-state index contributed by atoms with van der Waals surface area (Å²) < 4.78 is 0. The average molecular weight is 301 g/mol. The number of amides is 1. The maximum atomic E-state index is 12.2. The lowest BCUT2D eigenvalue weighted by atomic mass is 9.76. The molecule has 1 heterocycles. The van der Waals surface area contributed by atoms with E-state index in [1.165, 1.54) is 6.20 Å². The fraction of sp³-hybridized carbons (Fsp3) is 0.375. The number of allylic oxidation sites excluding steroid dienone is 2. The fourth-order valence-corrected chi connectivity index (χ4v) is 2.45. The number of hydrogen-bond acceptors (Lipinski definition) is 5. The molecule has 1 amide bonds. The Morgan fingerprint density at radius 2 is 2.14 bits per heavy atom. The second-order valence-electron chi connectivity index (χ2n) is 6.14. The first-order chi connectivity index (χ1) is 10.3. The first-order valence-corrected chi connectivity index (χ1v) is 7.00. The molecular formula is C16H19N3O3. The van der Waals surface area contributed by atoms with Gasteiger partial charge in [0.25, 0.3) is 5.91 Å². The molecule has 22 heavy (non-hydrogen) atoms. The van der Waals surface area contributed by atoms with Crippen LogP contribution in [0, 0.1) is 5.41 Å². The number of pyridine rings is 1. The van der Waals surface area contributed by atoms with Crippen LogP contribution in [-0.4, -0.2) is 27.5 Å². The van der Waals surface area contributed by atoms with Crippen LogP contribution in [0.1, 0.15) is 44.0 Å². The number of carbonyl (C=O) groups is 2. The number of aliphatic hydroxyl groups excluding tert-OH is 1. The normalized spacial score (nSPS) is 18.3. The highest BCUT2D eigenvalue weighted by Gasteiger charge is 2.34. The molecule has 1 aromatic heterocycles. The third-order valence-corrected chi connectivity index (χ3v) is 3.46. The summed E-state index contributed by atoms with van der Waals surface area (Å²) >= 11 is 0. The number of ketones is 1. The zero-order chi connectivity index (χ0) is 16.3. The molecule has 0 saturated carbocycles. The number of carbonyl (C=O) groups excluding carboxylic acids is 2. The average Bonchev–Trinajstić information content (AvgIpc) is 2.43. The molecule has 0 atom stereocenters. The molecule has 0 aromatic carbocycles. The van der Waals surface area contributed by atoms with Gasteiger partial charge in [-0.1, -0.05) is 13.8 Å². The Kier molecular flexibility index (Phi) is 4.40. The minimum atomic E-state index is -0.420. The molecule has 6 heteroatoms. The van der Waals surface area contributed by atoms with E-state index in [0.29, 0.717) is 24.1 Å². The Labute approximate surface area is 129 Å². The van der Waals surface area contributed by atoms with Crippen LogP contribution in [0.15, 0.2) is 41.0 Å². The number of aliphatic hydroxyl groups is 1. The topological polar surface area (TPSA) is 91.7 Å². The van der Waals surface area contributed by atoms with Crippen LogP contribution in [0.5, 0.6) is 0 Å². The molecule has 2 N–H and O–H groups in total. The first-order valence-electron chi connectivity index (χ1n) is 7.00. The van der Waals surface area contributed by atoms with Gasteiger partial charge in [-0.05, 0) is 24.5 Å². The highest BCUT2D eigenvalue weighted by atomic mass is 16.3. The summed E-state index contributed by atoms with van der Waals surface area (Å²) in [6.07, 6.45) is 3.75. The minimum Gasteiger partial charge on any atom is -0.511 e. The smallest absolute Gasteiger partial charge is 0.272 e. The summed E-state index contributed by atoms with van der Waals surface area (Å²) in [5.74, 6) is -0.556. The van der Waals surface area contributed by atoms with Crippen LogP contribution in [0.25, 0.3) is 0 Å². The molecule has 6 nitrogen and oxygen atoms in total. The summed E-state index contributed by atoms with van der Waals surface area (Å²) in [6, 6.07) is 3.25. The largest absolute Gasteiger partial charge is 0.511 e. The van der Waals surface area contributed by atoms with Crippen LogP contribution in [0.3, 0.4) is 0 Å². The number of nitrogens with zero attached hydrogens (tertiary/aromatic N) is 2. The molecule has 0 radical (unpaired) electrons. The lowest BCUT2D eigenvalue weighted by molar-refractivity contribution is -0.117. The van der Waals surface area contributed by atoms with E-state index < -0.39 is 5.91 Å². The predicted molar refractivity (Wildman–Crippen MR) is 82.5 cm³/mol. The third kappa shape index (κ3) is 3.58. The molecule has 0 saturated heterocycles. The lowest BCUT2D eigenvalue weighted by Crippen LogP contribution is -2.29. The van der Waals surface area contributed by atoms with E-state index in [1.807, 2.05) is 13.8 Å². The Morgan fingerprint density at radius 1 is 1.41 bits per heavy atom. The highest BCUT2D eigenvalue weighted by Crippen LogP contribution is 2.35. The number of hydrazone groups is 1. The second-order valence-corrected chi connectivity index (χ2v) is 6.14. The van der Waals surface area contributed by atoms with Crippen molar-refractivity contribution in [3.63, 3.8) is 0 Å². The van der Waals surface area contributed by atoms with E-state index in [2.05, 4.69) is 15.5 Å². The SMILES string of the molecule is C/C(=N\NC(=O)c1cccnc1)C1=C(O)CC(C)(C)CC1=O. The van der Waals surface area contributed by atoms with Crippen molar-refractivity contribution in [2.24, 2.45) is 10.5 Å². The third-order valence-electron chi connectivity index (χ3n) is 3.46. The Balaban J connectivity index is 2.16. The van der Waals surface area contributed by atoms with Crippen LogP contribution in [-0.2, 0) is 4.79 Å². The zero-order valence-electron chi connectivity index (χ0n) is 12.9. The summed E-state index contributed by atoms with van der Waals surface area (Å²) in [4.78, 5) is 27.9. The summed E-state index contributed by atoms with van der Waals surface area (Å²) in [5, 5.41) is 14.0. The lowest BCUT2D eigenvalue weighted by Gasteiger charge is -2.29. The summed E-state index contributed by atoms with van der Waals surface area (Å²) in [5.41, 5.74) is 2.98. The van der Waals surface area contributed by atoms with Crippen LogP contribution >= 0.6 is 0 Å². The number of hydrogen-bond donors (Lipinski definition) is 2. The molecule has 2 rings (SSSR count). The maximum absolute atomic E-state index is 12.2. The molecule has 1 aliphatic rings. The van der Waals surface area contributed by atoms with Crippen LogP contribution < -0.4 is 5.43 Å². The maximum Gasteiger partial charge on any atom is 0.272 e. The highest BCUT2D eigenvalue weighted by molar-refractivity contribution is 6.22. The molecule has 0 fully saturated rings. The summed E-state index contributed by atoms with van der Waals surface area (Å²) in [6.45, 7) is 5.44. The van der Waals surface area contributed by atoms with Gasteiger partial charge in [0.2, 0.25) is 0 Å². The zero-order valence-corrected chi connectivity index (χ0v) is 12.9. The predicted octanol–water partition coefficient (Wildman–Crippen LogP) is 2.39. The molecule has 0 unspecified atom stereocenters. The molecule has 0 bridgehead atoms. The number of Topliss-reactive ketones (excluding diaryl/α,β-unsaturated/α-hetero) is 1. The van der Waals surface area contributed by atoms with Gasteiger partial charge in [-0.3, -0.25) is 14.6 Å². The van der Waals surface area contributed by atoms with Crippen molar-refractivity contribution < 1.29 is 14.7 Å². The number of aromatic nitrogens is 1. The standard InChI is InChI=1S/C16H19N3O3/c1-10(14-12(20)7-16(2,3)8-13(14)21)18-19-15(22)11-5-4-6-17-9-11/h4-6,9,20H,7-8H2,1-3H3,(H,19,22)/b18-10+. The van der Waals surface area contributed by atoms with Crippen molar-refractivity contribution >= 4 is 17.4 Å². The Morgan fingerprint density at radius 3 is 2.73 bits per heavy atom. The minimum absolute atomic E-state index is 0.0260. The van der Waals surface area contributed by atoms with Gasteiger partial charge in [0.1, 0.15) is 5.76 Å². The van der Waals surface area contributed by atoms with Gasteiger partial charge < -0.3 is 5.11 Å². The van der Waals surface area contributed by atoms with E-state index in [9.17, 15) is 14.7 Å². The Bertz CT molecular complexity index is 660. The molecule has 1 aromatic rings. The van der Waals surface area contributed by atoms with Gasteiger partial charge in [-0.25, -0.2) is 5.43 Å². The van der Waals surface area contributed by atoms with E-state index in [0.717, 1.165) is 0 Å². The number of nitrogens with one attached hydrogen (secondary N) is 1. The molecule has 116 valence electrons. The number of rotatable bonds is 3.